The van der Waals surface area contributed by atoms with Crippen molar-refractivity contribution in [2.24, 2.45) is 4.99 Å². The minimum absolute atomic E-state index is 0. The van der Waals surface area contributed by atoms with Crippen molar-refractivity contribution in [1.82, 2.24) is 0 Å². The summed E-state index contributed by atoms with van der Waals surface area (Å²) in [4.78, 5) is 27.7. The van der Waals surface area contributed by atoms with Crippen molar-refractivity contribution >= 4 is 92.4 Å². The molecule has 4 heterocycles. The van der Waals surface area contributed by atoms with Crippen molar-refractivity contribution in [3.8, 4) is 0 Å². The van der Waals surface area contributed by atoms with Gasteiger partial charge in [0.15, 0.2) is 17.1 Å². The van der Waals surface area contributed by atoms with Crippen LogP contribution in [-0.2, 0) is 46.1 Å². The third kappa shape index (κ3) is 25.6. The van der Waals surface area contributed by atoms with Gasteiger partial charge in [-0.15, -0.1) is 12.4 Å². The van der Waals surface area contributed by atoms with Gasteiger partial charge in [-0.25, -0.2) is 0 Å². The van der Waals surface area contributed by atoms with E-state index in [2.05, 4.69) is 257 Å². The molecule has 0 fully saturated rings. The average Bonchev–Trinajstić information content (AvgIpc) is 1.61. The Balaban J connectivity index is 0.000000220. The van der Waals surface area contributed by atoms with Gasteiger partial charge in [-0.3, -0.25) is 19.1 Å². The van der Waals surface area contributed by atoms with Crippen molar-refractivity contribution in [3.63, 3.8) is 0 Å². The number of rotatable bonds is 31. The number of anilines is 2. The van der Waals surface area contributed by atoms with Crippen molar-refractivity contribution < 1.29 is 46.1 Å². The van der Waals surface area contributed by atoms with Crippen LogP contribution in [0.2, 0.25) is 0 Å². The van der Waals surface area contributed by atoms with Crippen LogP contribution in [0.1, 0.15) is 179 Å². The van der Waals surface area contributed by atoms with E-state index in [1.807, 2.05) is 129 Å². The summed E-state index contributed by atoms with van der Waals surface area (Å²) in [5.41, 5.74) is 23.4. The fourth-order valence-corrected chi connectivity index (χ4v) is 16.2. The molecule has 0 amide bonds. The minimum Gasteiger partial charge on any atom is -0.481 e. The number of allylic oxidation sites excluding steroid dienone is 27. The van der Waals surface area contributed by atoms with Crippen LogP contribution in [0.15, 0.2) is 312 Å². The van der Waals surface area contributed by atoms with E-state index in [1.165, 1.54) is 84.8 Å². The summed E-state index contributed by atoms with van der Waals surface area (Å²) in [6.07, 6.45) is 63.3. The molecule has 0 spiro atoms. The quantitative estimate of drug-likeness (QED) is 0.00963. The normalized spacial score (nSPS) is 17.8. The summed E-state index contributed by atoms with van der Waals surface area (Å²) < 4.78 is 45.6. The Morgan fingerprint density at radius 2 is 1.01 bits per heavy atom. The van der Waals surface area contributed by atoms with Gasteiger partial charge in [0.2, 0.25) is 17.1 Å². The van der Waals surface area contributed by atoms with Gasteiger partial charge >= 0.3 is 5.97 Å². The van der Waals surface area contributed by atoms with E-state index in [9.17, 15) is 22.6 Å². The maximum atomic E-state index is 12.0. The first-order chi connectivity index (χ1) is 56.1. The Kier molecular flexibility index (Phi) is 35.0. The Bertz CT molecular complexity index is 5200. The lowest BCUT2D eigenvalue weighted by Crippen LogP contribution is -2.28. The third-order valence-corrected chi connectivity index (χ3v) is 23.6. The van der Waals surface area contributed by atoms with E-state index in [-0.39, 0.29) is 40.0 Å². The molecule has 0 bridgehead atoms. The Labute approximate surface area is 710 Å². The maximum absolute atomic E-state index is 12.0. The molecule has 4 aliphatic heterocycles. The molecule has 3 N–H and O–H groups in total. The molecule has 0 saturated heterocycles. The summed E-state index contributed by atoms with van der Waals surface area (Å²) in [6, 6.07) is 45.1. The van der Waals surface area contributed by atoms with Gasteiger partial charge < -0.3 is 20.1 Å². The Morgan fingerprint density at radius 3 is 1.61 bits per heavy atom. The third-order valence-electron chi connectivity index (χ3n) is 22.7. The second-order valence-corrected chi connectivity index (χ2v) is 34.0. The number of nitrogens with one attached hydrogen (secondary N) is 1. The van der Waals surface area contributed by atoms with Crippen LogP contribution < -0.4 is 10.2 Å². The fourth-order valence-electron chi connectivity index (χ4n) is 15.7. The zero-order valence-electron chi connectivity index (χ0n) is 71.6. The van der Waals surface area contributed by atoms with Crippen LogP contribution in [0, 0.1) is 20.8 Å². The lowest BCUT2D eigenvalue weighted by molar-refractivity contribution is -0.439. The number of aliphatic imine (C=N–C) groups is 1. The second kappa shape index (κ2) is 44.6. The monoisotopic (exact) mass is 1620 g/mol. The zero-order valence-corrected chi connectivity index (χ0v) is 73.2. The van der Waals surface area contributed by atoms with Crippen molar-refractivity contribution in [2.75, 3.05) is 43.0 Å². The van der Waals surface area contributed by atoms with E-state index in [0.29, 0.717) is 26.0 Å². The number of ether oxygens (including phenoxy) is 1. The predicted molar refractivity (Wildman–Crippen MR) is 497 cm³/mol. The molecule has 12 rings (SSSR count). The maximum Gasteiger partial charge on any atom is 0.303 e. The number of benzene rings is 6. The van der Waals surface area contributed by atoms with Gasteiger partial charge in [0.1, 0.15) is 19.6 Å². The average molecular weight is 1630 g/mol. The number of carboxylic acid groups (broad SMARTS) is 1. The van der Waals surface area contributed by atoms with Gasteiger partial charge in [-0.05, 0) is 197 Å². The van der Waals surface area contributed by atoms with Crippen molar-refractivity contribution in [2.45, 2.75) is 187 Å². The Hall–Kier alpha value is -10.9. The lowest BCUT2D eigenvalue weighted by Gasteiger charge is -2.27. The van der Waals surface area contributed by atoms with Crippen LogP contribution >= 0.6 is 12.4 Å². The van der Waals surface area contributed by atoms with Gasteiger partial charge in [0, 0.05) is 122 Å². The van der Waals surface area contributed by atoms with Crippen LogP contribution in [-0.4, -0.2) is 100 Å². The zero-order chi connectivity index (χ0) is 84.0. The number of aryl methyl sites for hydroxylation is 3. The van der Waals surface area contributed by atoms with Gasteiger partial charge in [0.05, 0.1) is 33.4 Å². The molecule has 0 atom stereocenters. The molecule has 6 aromatic carbocycles. The topological polar surface area (TPSA) is 155 Å². The summed E-state index contributed by atoms with van der Waals surface area (Å²) in [5, 5.41) is 12.2. The molecule has 0 radical (unpaired) electrons. The SMILES string of the molecule is C(/C=C/C=C/Nc1ccccc1)=Nc1ccccc1.CC1=[N+](CCCC2=C/C=C\C=C/C=C2)c2ccc(C)cc2C1(C)C.CC1=[N+](CCCCCOC=O)c2ccc(C)cc2C1(C)C.Cc1ccc2c(c1)C(C)(C)C(=CC=CC=CC=CC1=[N+](CCCCCC(=O)O)c3ccc(S(=O)(=O)O)cc3C1(C)C)N2CCCC1=C/C=C\C=C/C=C1.Cl. The van der Waals surface area contributed by atoms with E-state index >= 15 is 0 Å². The van der Waals surface area contributed by atoms with Crippen LogP contribution in [0.5, 0.6) is 0 Å². The molecule has 0 unspecified atom stereocenters. The number of para-hydroxylation sites is 2. The van der Waals surface area contributed by atoms with E-state index in [1.54, 1.807) is 18.3 Å². The molecule has 618 valence electrons. The number of carbonyl (C=O) groups is 2. The highest BCUT2D eigenvalue weighted by Gasteiger charge is 2.47. The fraction of sp³-hybridized carbons (Fsp3) is 0.320. The number of aliphatic carboxylic acids is 1. The van der Waals surface area contributed by atoms with Crippen LogP contribution in [0.3, 0.4) is 0 Å². The number of hydrogen-bond donors (Lipinski definition) is 3. The second-order valence-electron chi connectivity index (χ2n) is 32.6. The van der Waals surface area contributed by atoms with Crippen LogP contribution in [0.25, 0.3) is 0 Å². The first-order valence-electron chi connectivity index (χ1n) is 41.4. The minimum atomic E-state index is -4.36. The summed E-state index contributed by atoms with van der Waals surface area (Å²) in [7, 11) is -4.36. The first-order valence-corrected chi connectivity index (χ1v) is 42.8. The number of carbonyl (C=O) groups excluding carboxylic acids is 1. The molecular weight excluding hydrogens is 1500 g/mol. The van der Waals surface area contributed by atoms with E-state index < -0.39 is 21.5 Å². The molecule has 6 aromatic rings. The molecule has 0 aromatic heterocycles. The van der Waals surface area contributed by atoms with E-state index in [0.717, 1.165) is 106 Å². The number of hydrogen-bond acceptors (Lipinski definition) is 8. The Morgan fingerprint density at radius 1 is 0.508 bits per heavy atom. The highest BCUT2D eigenvalue weighted by atomic mass is 35.5. The van der Waals surface area contributed by atoms with Gasteiger partial charge in [-0.2, -0.15) is 22.1 Å². The lowest BCUT2D eigenvalue weighted by atomic mass is 9.81. The number of unbranched alkanes of at least 4 members (excludes halogenated alkanes) is 4. The summed E-state index contributed by atoms with van der Waals surface area (Å²) in [5.74, 6) is -0.797. The molecular formula is C103H124ClN6O7S+3. The molecule has 118 heavy (non-hydrogen) atoms. The van der Waals surface area contributed by atoms with Crippen LogP contribution in [0.4, 0.5) is 34.1 Å². The smallest absolute Gasteiger partial charge is 0.303 e. The van der Waals surface area contributed by atoms with Crippen molar-refractivity contribution in [1.29, 1.82) is 0 Å². The highest BCUT2D eigenvalue weighted by molar-refractivity contribution is 7.85. The standard InChI is InChI=1S/C45H52N2O5S.C23H28N.C18H26NO2.C17H16N2.ClH/c1-34-26-28-39-37(32-34)44(2,3)41(47(39)31-19-22-35-20-13-8-6-9-14-21-35)23-15-10-7-11-16-24-42-45(4,5)38-33-36(53(50,51)52)27-29-40(38)46(42)30-18-12-17-25-43(48)49;1-18-14-15-22-21(17-18)23(3,4)19(2)24(22)16-10-13-20-11-8-6-5-7-9-12-20;1-14-8-9-17-16(12-14)18(3,4)15(2)19(17)10-6-5-7-11-21-13-20;1-4-10-16(11-5-1)18-14-8-3-9-15-19-17-12-6-2-7-13-17;/h6-11,13-16,20-21,23-24,26-29,32-33H,12,17-19,22,25,30-31H2,1-5H3,(H-,48,49,50,51,52);5-9,11-12,14-15,17H,10,13,16H2,1-4H3;8-9,12-13H,5-7,10-11H2,1-4H3;1-15,18H;1H/q;2*+1;;/p+1/b8-6-,9-6?,13-8?,14-9-,20-13?,21-14?,35-20?,35-21?;6-5-,7-5?,8-6?,9-7-,11-8?,12-9?,20-11?,20-12?;;9-3+,14-8+,19-15?;. The number of carboxylic acids is 1. The molecule has 2 aliphatic carbocycles. The largest absolute Gasteiger partial charge is 0.481 e. The van der Waals surface area contributed by atoms with Crippen molar-refractivity contribution in [3.05, 3.63) is 341 Å². The highest BCUT2D eigenvalue weighted by Crippen LogP contribution is 2.49. The summed E-state index contributed by atoms with van der Waals surface area (Å²) in [6.45, 7) is 33.8. The first kappa shape index (κ1) is 92.6. The summed E-state index contributed by atoms with van der Waals surface area (Å²) >= 11 is 0. The number of fused-ring (bicyclic) bond motifs is 4. The van der Waals surface area contributed by atoms with E-state index in [4.69, 9.17) is 9.84 Å². The predicted octanol–water partition coefficient (Wildman–Crippen LogP) is 24.5. The van der Waals surface area contributed by atoms with Gasteiger partial charge in [-0.1, -0.05) is 213 Å². The molecule has 0 saturated carbocycles. The molecule has 6 aliphatic rings. The van der Waals surface area contributed by atoms with Gasteiger partial charge in [0.25, 0.3) is 16.6 Å². The molecule has 13 nitrogen and oxygen atoms in total. The number of nitrogens with zero attached hydrogens (tertiary/aromatic N) is 5. The number of halogens is 1. The molecule has 15 heteroatoms.